The summed E-state index contributed by atoms with van der Waals surface area (Å²) in [7, 11) is -1.85. The number of alkyl halides is 1. The molecule has 0 bridgehead atoms. The summed E-state index contributed by atoms with van der Waals surface area (Å²) in [5.74, 6) is 3.21. The molecule has 0 aromatic heterocycles. The van der Waals surface area contributed by atoms with Crippen LogP contribution in [-0.2, 0) is 4.43 Å². The molecule has 0 heterocycles. The van der Waals surface area contributed by atoms with Crippen LogP contribution in [0.1, 0.15) is 80.1 Å². The average Bonchev–Trinajstić information content (AvgIpc) is 3.04. The summed E-state index contributed by atoms with van der Waals surface area (Å²) in [6, 6.07) is 0. The Morgan fingerprint density at radius 3 is 2.47 bits per heavy atom. The molecule has 4 rings (SSSR count). The summed E-state index contributed by atoms with van der Waals surface area (Å²) in [5, 5.41) is 11.8. The minimum Gasteiger partial charge on any atom is -0.414 e. The number of allylic oxidation sites excluding steroid dienone is 3. The molecule has 0 radical (unpaired) electrons. The summed E-state index contributed by atoms with van der Waals surface area (Å²) in [6.45, 7) is 18.8. The maximum atomic E-state index is 11.6. The molecule has 3 fully saturated rings. The van der Waals surface area contributed by atoms with Gasteiger partial charge in [0.25, 0.3) is 0 Å². The van der Waals surface area contributed by atoms with E-state index >= 15 is 0 Å². The van der Waals surface area contributed by atoms with Crippen LogP contribution in [0, 0.1) is 34.5 Å². The lowest BCUT2D eigenvalue weighted by Gasteiger charge is -2.57. The first-order valence-electron chi connectivity index (χ1n) is 13.1. The molecule has 182 valence electrons. The fourth-order valence-electron chi connectivity index (χ4n) is 7.80. The monoisotopic (exact) mass is 478 g/mol. The van der Waals surface area contributed by atoms with Gasteiger partial charge in [0.05, 0.1) is 12.2 Å². The van der Waals surface area contributed by atoms with Crippen LogP contribution in [0.15, 0.2) is 23.3 Å². The van der Waals surface area contributed by atoms with Crippen molar-refractivity contribution >= 4 is 19.9 Å². The average molecular weight is 479 g/mol. The van der Waals surface area contributed by atoms with E-state index < -0.39 is 8.32 Å². The van der Waals surface area contributed by atoms with Gasteiger partial charge in [-0.15, -0.1) is 11.6 Å². The van der Waals surface area contributed by atoms with Crippen LogP contribution in [-0.4, -0.2) is 31.5 Å². The second-order valence-electron chi connectivity index (χ2n) is 13.6. The number of hydrogen-bond acceptors (Lipinski definition) is 2. The van der Waals surface area contributed by atoms with Crippen molar-refractivity contribution < 1.29 is 9.53 Å². The number of halogens is 1. The van der Waals surface area contributed by atoms with Crippen LogP contribution < -0.4 is 0 Å². The van der Waals surface area contributed by atoms with Crippen molar-refractivity contribution in [3.63, 3.8) is 0 Å². The van der Waals surface area contributed by atoms with E-state index in [2.05, 4.69) is 66.8 Å². The Morgan fingerprint density at radius 2 is 1.84 bits per heavy atom. The van der Waals surface area contributed by atoms with Crippen LogP contribution in [0.5, 0.6) is 0 Å². The van der Waals surface area contributed by atoms with Gasteiger partial charge in [0.1, 0.15) is 0 Å². The van der Waals surface area contributed by atoms with Gasteiger partial charge in [-0.05, 0) is 85.7 Å². The minimum absolute atomic E-state index is 0.130. The number of aliphatic hydroxyl groups excluding tert-OH is 1. The molecule has 0 amide bonds. The summed E-state index contributed by atoms with van der Waals surface area (Å²) in [5.41, 5.74) is 3.30. The van der Waals surface area contributed by atoms with Gasteiger partial charge in [-0.3, -0.25) is 0 Å². The highest BCUT2D eigenvalue weighted by Gasteiger charge is 2.59. The van der Waals surface area contributed by atoms with Gasteiger partial charge < -0.3 is 9.53 Å². The Hall–Kier alpha value is -0.0931. The van der Waals surface area contributed by atoms with Gasteiger partial charge in [-0.2, -0.15) is 0 Å². The second-order valence-corrected chi connectivity index (χ2v) is 18.6. The van der Waals surface area contributed by atoms with Crippen molar-refractivity contribution in [2.24, 2.45) is 34.5 Å². The van der Waals surface area contributed by atoms with Crippen molar-refractivity contribution in [1.82, 2.24) is 0 Å². The van der Waals surface area contributed by atoms with Gasteiger partial charge in [-0.25, -0.2) is 0 Å². The maximum absolute atomic E-state index is 11.6. The Labute approximate surface area is 203 Å². The normalized spacial score (nSPS) is 43.0. The minimum atomic E-state index is -1.85. The van der Waals surface area contributed by atoms with Crippen molar-refractivity contribution in [2.45, 2.75) is 110 Å². The lowest BCUT2D eigenvalue weighted by Crippen LogP contribution is -2.54. The molecule has 0 aliphatic heterocycles. The molecule has 8 atom stereocenters. The molecule has 2 nitrogen and oxygen atoms in total. The molecule has 0 saturated heterocycles. The van der Waals surface area contributed by atoms with Gasteiger partial charge in [0.2, 0.25) is 0 Å². The van der Waals surface area contributed by atoms with Crippen LogP contribution >= 0.6 is 11.6 Å². The van der Waals surface area contributed by atoms with Crippen molar-refractivity contribution in [3.05, 3.63) is 23.3 Å². The topological polar surface area (TPSA) is 29.5 Å². The van der Waals surface area contributed by atoms with E-state index in [0.29, 0.717) is 23.2 Å². The molecule has 32 heavy (non-hydrogen) atoms. The highest BCUT2D eigenvalue weighted by molar-refractivity contribution is 6.74. The Balaban J connectivity index is 1.61. The molecule has 4 aliphatic rings. The lowest BCUT2D eigenvalue weighted by atomic mass is 9.49. The lowest BCUT2D eigenvalue weighted by molar-refractivity contribution is -0.0513. The van der Waals surface area contributed by atoms with E-state index in [0.717, 1.165) is 24.6 Å². The van der Waals surface area contributed by atoms with Crippen molar-refractivity contribution in [3.8, 4) is 0 Å². The van der Waals surface area contributed by atoms with Crippen LogP contribution in [0.2, 0.25) is 18.1 Å². The molecule has 3 saturated carbocycles. The van der Waals surface area contributed by atoms with E-state index in [4.69, 9.17) is 16.0 Å². The molecule has 4 heteroatoms. The second kappa shape index (κ2) is 8.24. The molecule has 0 aromatic rings. The maximum Gasteiger partial charge on any atom is 0.192 e. The standard InChI is InChI=1S/C28H47ClO2Si/c1-18(17-29)22-11-12-23-21-10-9-19-15-20(31-32(7,8)26(2,3)4)16-25(30)28(19,6)24(21)13-14-27(22,23)5/h9-10,18,20,22-25,30H,11-17H2,1-8H3/t18-,20-,22-,23+,24?,25+,27-,28+/m1/s1. The molecular formula is C28H47ClO2Si. The van der Waals surface area contributed by atoms with E-state index in [1.165, 1.54) is 31.3 Å². The Kier molecular flexibility index (Phi) is 6.44. The van der Waals surface area contributed by atoms with Gasteiger partial charge >= 0.3 is 0 Å². The number of aliphatic hydroxyl groups is 1. The van der Waals surface area contributed by atoms with Crippen LogP contribution in [0.4, 0.5) is 0 Å². The first-order valence-corrected chi connectivity index (χ1v) is 16.5. The fraction of sp³-hybridized carbons (Fsp3) is 0.857. The van der Waals surface area contributed by atoms with Crippen LogP contribution in [0.3, 0.4) is 0 Å². The third-order valence-electron chi connectivity index (χ3n) is 10.9. The quantitative estimate of drug-likeness (QED) is 0.331. The summed E-state index contributed by atoms with van der Waals surface area (Å²) < 4.78 is 6.79. The molecule has 1 N–H and O–H groups in total. The highest BCUT2D eigenvalue weighted by Crippen LogP contribution is 2.66. The molecule has 1 unspecified atom stereocenters. The zero-order valence-electron chi connectivity index (χ0n) is 21.8. The number of hydrogen-bond donors (Lipinski definition) is 1. The zero-order valence-corrected chi connectivity index (χ0v) is 23.6. The highest BCUT2D eigenvalue weighted by atomic mass is 35.5. The smallest absolute Gasteiger partial charge is 0.192 e. The van der Waals surface area contributed by atoms with E-state index in [-0.39, 0.29) is 22.7 Å². The predicted octanol–water partition coefficient (Wildman–Crippen LogP) is 7.72. The predicted molar refractivity (Wildman–Crippen MR) is 139 cm³/mol. The first kappa shape index (κ1) is 25.0. The SMILES string of the molecule is C[C@H](CCl)[C@H]1CC[C@H]2C3=CC=C4C[C@@H](O[Si](C)(C)C(C)(C)C)C[C@H](O)[C@]4(C)C3CC[C@]12C. The van der Waals surface area contributed by atoms with Crippen molar-refractivity contribution in [2.75, 3.05) is 5.88 Å². The van der Waals surface area contributed by atoms with Gasteiger partial charge in [-0.1, -0.05) is 64.8 Å². The van der Waals surface area contributed by atoms with Gasteiger partial charge in [0.15, 0.2) is 8.32 Å². The van der Waals surface area contributed by atoms with Gasteiger partial charge in [0, 0.05) is 11.3 Å². The molecule has 0 aromatic carbocycles. The summed E-state index contributed by atoms with van der Waals surface area (Å²) >= 11 is 6.32. The van der Waals surface area contributed by atoms with Crippen molar-refractivity contribution in [1.29, 1.82) is 0 Å². The molecular weight excluding hydrogens is 432 g/mol. The largest absolute Gasteiger partial charge is 0.414 e. The van der Waals surface area contributed by atoms with E-state index in [1.54, 1.807) is 5.57 Å². The molecule has 4 aliphatic carbocycles. The van der Waals surface area contributed by atoms with E-state index in [9.17, 15) is 5.11 Å². The third kappa shape index (κ3) is 3.73. The third-order valence-corrected chi connectivity index (χ3v) is 15.9. The zero-order chi connectivity index (χ0) is 23.7. The first-order chi connectivity index (χ1) is 14.8. The molecule has 0 spiro atoms. The summed E-state index contributed by atoms with van der Waals surface area (Å²) in [6.07, 6.45) is 11.5. The Morgan fingerprint density at radius 1 is 1.16 bits per heavy atom. The summed E-state index contributed by atoms with van der Waals surface area (Å²) in [4.78, 5) is 0. The fourth-order valence-corrected chi connectivity index (χ4v) is 9.38. The van der Waals surface area contributed by atoms with E-state index in [1.807, 2.05) is 0 Å². The number of fused-ring (bicyclic) bond motifs is 5. The van der Waals surface area contributed by atoms with Crippen LogP contribution in [0.25, 0.3) is 0 Å². The number of rotatable bonds is 4. The Bertz CT molecular complexity index is 796.